The first kappa shape index (κ1) is 19.0. The number of hydrogen-bond donors (Lipinski definition) is 1. The smallest absolute Gasteiger partial charge is 0.251 e. The van der Waals surface area contributed by atoms with Gasteiger partial charge < -0.3 is 14.8 Å². The maximum absolute atomic E-state index is 12.2. The Balaban J connectivity index is 1.45. The molecule has 0 bridgehead atoms. The lowest BCUT2D eigenvalue weighted by molar-refractivity contribution is 0.0679. The number of halogens is 2. The second-order valence-electron chi connectivity index (χ2n) is 6.21. The molecule has 0 aromatic heterocycles. The normalized spacial score (nSPS) is 16.5. The SMILES string of the molecule is O=C(NCCc1ccc(Cl)cc1Cl)c1ccc(OCC2CCCO2)cc1. The summed E-state index contributed by atoms with van der Waals surface area (Å²) in [4.78, 5) is 12.2. The minimum atomic E-state index is -0.124. The number of hydrogen-bond acceptors (Lipinski definition) is 3. The van der Waals surface area contributed by atoms with Gasteiger partial charge in [-0.1, -0.05) is 29.3 Å². The van der Waals surface area contributed by atoms with E-state index >= 15 is 0 Å². The van der Waals surface area contributed by atoms with E-state index in [1.807, 2.05) is 6.07 Å². The van der Waals surface area contributed by atoms with Gasteiger partial charge in [0, 0.05) is 28.8 Å². The van der Waals surface area contributed by atoms with Gasteiger partial charge in [-0.3, -0.25) is 4.79 Å². The molecule has 0 saturated carbocycles. The molecule has 1 fully saturated rings. The van der Waals surface area contributed by atoms with Crippen molar-refractivity contribution in [1.29, 1.82) is 0 Å². The van der Waals surface area contributed by atoms with Crippen LogP contribution < -0.4 is 10.1 Å². The van der Waals surface area contributed by atoms with Crippen molar-refractivity contribution in [3.8, 4) is 5.75 Å². The van der Waals surface area contributed by atoms with Crippen molar-refractivity contribution in [3.63, 3.8) is 0 Å². The molecule has 3 rings (SSSR count). The highest BCUT2D eigenvalue weighted by Gasteiger charge is 2.16. The zero-order chi connectivity index (χ0) is 18.4. The lowest BCUT2D eigenvalue weighted by Crippen LogP contribution is -2.25. The standard InChI is InChI=1S/C20H21Cl2NO3/c21-16-6-3-14(19(22)12-16)9-10-23-20(24)15-4-7-17(8-5-15)26-13-18-2-1-11-25-18/h3-8,12,18H,1-2,9-11,13H2,(H,23,24). The molecule has 4 nitrogen and oxygen atoms in total. The van der Waals surface area contributed by atoms with Crippen molar-refractivity contribution >= 4 is 29.1 Å². The Bertz CT molecular complexity index is 743. The number of nitrogens with one attached hydrogen (secondary N) is 1. The first-order valence-electron chi connectivity index (χ1n) is 8.68. The van der Waals surface area contributed by atoms with Crippen LogP contribution in [-0.4, -0.2) is 31.8 Å². The lowest BCUT2D eigenvalue weighted by atomic mass is 10.1. The van der Waals surface area contributed by atoms with E-state index in [0.717, 1.165) is 30.8 Å². The second kappa shape index (κ2) is 9.26. The maximum atomic E-state index is 12.2. The molecule has 1 heterocycles. The molecular formula is C20H21Cl2NO3. The van der Waals surface area contributed by atoms with Gasteiger partial charge in [-0.2, -0.15) is 0 Å². The molecule has 138 valence electrons. The predicted molar refractivity (Wildman–Crippen MR) is 103 cm³/mol. The van der Waals surface area contributed by atoms with Gasteiger partial charge >= 0.3 is 0 Å². The van der Waals surface area contributed by atoms with Gasteiger partial charge in [0.1, 0.15) is 12.4 Å². The van der Waals surface area contributed by atoms with E-state index in [0.29, 0.717) is 35.2 Å². The summed E-state index contributed by atoms with van der Waals surface area (Å²) in [6.45, 7) is 1.86. The number of carbonyl (C=O) groups excluding carboxylic acids is 1. The lowest BCUT2D eigenvalue weighted by Gasteiger charge is -2.12. The molecule has 0 spiro atoms. The summed E-state index contributed by atoms with van der Waals surface area (Å²) in [5.74, 6) is 0.616. The molecule has 26 heavy (non-hydrogen) atoms. The molecule has 2 aromatic rings. The minimum Gasteiger partial charge on any atom is -0.491 e. The van der Waals surface area contributed by atoms with Crippen LogP contribution in [0.25, 0.3) is 0 Å². The number of benzene rings is 2. The van der Waals surface area contributed by atoms with E-state index in [2.05, 4.69) is 5.32 Å². The highest BCUT2D eigenvalue weighted by atomic mass is 35.5. The summed E-state index contributed by atoms with van der Waals surface area (Å²) >= 11 is 12.0. The maximum Gasteiger partial charge on any atom is 0.251 e. The summed E-state index contributed by atoms with van der Waals surface area (Å²) in [5.41, 5.74) is 1.55. The number of ether oxygens (including phenoxy) is 2. The van der Waals surface area contributed by atoms with Crippen LogP contribution in [0.1, 0.15) is 28.8 Å². The first-order chi connectivity index (χ1) is 12.6. The van der Waals surface area contributed by atoms with E-state index < -0.39 is 0 Å². The Kier molecular flexibility index (Phi) is 6.78. The van der Waals surface area contributed by atoms with Crippen molar-refractivity contribution < 1.29 is 14.3 Å². The summed E-state index contributed by atoms with van der Waals surface area (Å²) < 4.78 is 11.2. The van der Waals surface area contributed by atoms with Crippen LogP contribution in [0.3, 0.4) is 0 Å². The Labute approximate surface area is 163 Å². The third kappa shape index (κ3) is 5.37. The average Bonchev–Trinajstić information content (AvgIpc) is 3.16. The Hall–Kier alpha value is -1.75. The minimum absolute atomic E-state index is 0.124. The van der Waals surface area contributed by atoms with Crippen LogP contribution in [0, 0.1) is 0 Å². The highest BCUT2D eigenvalue weighted by Crippen LogP contribution is 2.21. The molecule has 1 unspecified atom stereocenters. The van der Waals surface area contributed by atoms with Gasteiger partial charge in [0.25, 0.3) is 5.91 Å². The summed E-state index contributed by atoms with van der Waals surface area (Å²) in [7, 11) is 0. The van der Waals surface area contributed by atoms with Crippen LogP contribution in [-0.2, 0) is 11.2 Å². The fourth-order valence-electron chi connectivity index (χ4n) is 2.80. The van der Waals surface area contributed by atoms with Gasteiger partial charge in [0.2, 0.25) is 0 Å². The summed E-state index contributed by atoms with van der Waals surface area (Å²) in [6.07, 6.45) is 2.95. The molecule has 1 N–H and O–H groups in total. The quantitative estimate of drug-likeness (QED) is 0.751. The first-order valence-corrected chi connectivity index (χ1v) is 9.44. The molecule has 1 atom stereocenters. The van der Waals surface area contributed by atoms with Crippen molar-refractivity contribution in [2.24, 2.45) is 0 Å². The van der Waals surface area contributed by atoms with Crippen molar-refractivity contribution in [1.82, 2.24) is 5.32 Å². The van der Waals surface area contributed by atoms with Gasteiger partial charge in [0.15, 0.2) is 0 Å². The Morgan fingerprint density at radius 3 is 2.69 bits per heavy atom. The molecule has 0 radical (unpaired) electrons. The third-order valence-electron chi connectivity index (χ3n) is 4.27. The number of carbonyl (C=O) groups is 1. The Morgan fingerprint density at radius 2 is 2.00 bits per heavy atom. The zero-order valence-corrected chi connectivity index (χ0v) is 15.9. The molecule has 2 aromatic carbocycles. The number of rotatable bonds is 7. The van der Waals surface area contributed by atoms with Crippen LogP contribution in [0.4, 0.5) is 0 Å². The summed E-state index contributed by atoms with van der Waals surface area (Å²) in [6, 6.07) is 12.5. The molecule has 1 aliphatic heterocycles. The fraction of sp³-hybridized carbons (Fsp3) is 0.350. The van der Waals surface area contributed by atoms with E-state index in [1.165, 1.54) is 0 Å². The van der Waals surface area contributed by atoms with E-state index in [-0.39, 0.29) is 12.0 Å². The molecule has 6 heteroatoms. The van der Waals surface area contributed by atoms with Crippen LogP contribution in [0.15, 0.2) is 42.5 Å². The molecular weight excluding hydrogens is 373 g/mol. The van der Waals surface area contributed by atoms with E-state index in [4.69, 9.17) is 32.7 Å². The van der Waals surface area contributed by atoms with E-state index in [1.54, 1.807) is 36.4 Å². The van der Waals surface area contributed by atoms with Crippen molar-refractivity contribution in [3.05, 3.63) is 63.6 Å². The van der Waals surface area contributed by atoms with Crippen LogP contribution in [0.2, 0.25) is 10.0 Å². The average molecular weight is 394 g/mol. The highest BCUT2D eigenvalue weighted by molar-refractivity contribution is 6.35. The molecule has 1 saturated heterocycles. The van der Waals surface area contributed by atoms with E-state index in [9.17, 15) is 4.79 Å². The topological polar surface area (TPSA) is 47.6 Å². The second-order valence-corrected chi connectivity index (χ2v) is 7.06. The van der Waals surface area contributed by atoms with Crippen molar-refractivity contribution in [2.45, 2.75) is 25.4 Å². The predicted octanol–water partition coefficient (Wildman–Crippen LogP) is 4.52. The van der Waals surface area contributed by atoms with Crippen LogP contribution >= 0.6 is 23.2 Å². The van der Waals surface area contributed by atoms with Gasteiger partial charge in [-0.15, -0.1) is 0 Å². The third-order valence-corrected chi connectivity index (χ3v) is 4.86. The fourth-order valence-corrected chi connectivity index (χ4v) is 3.31. The Morgan fingerprint density at radius 1 is 1.19 bits per heavy atom. The zero-order valence-electron chi connectivity index (χ0n) is 14.3. The van der Waals surface area contributed by atoms with Crippen molar-refractivity contribution in [2.75, 3.05) is 19.8 Å². The number of amides is 1. The van der Waals surface area contributed by atoms with Gasteiger partial charge in [-0.05, 0) is 61.2 Å². The van der Waals surface area contributed by atoms with Gasteiger partial charge in [-0.25, -0.2) is 0 Å². The molecule has 0 aliphatic carbocycles. The van der Waals surface area contributed by atoms with Gasteiger partial charge in [0.05, 0.1) is 6.10 Å². The molecule has 1 aliphatic rings. The monoisotopic (exact) mass is 393 g/mol. The van der Waals surface area contributed by atoms with Crippen LogP contribution in [0.5, 0.6) is 5.75 Å². The summed E-state index contributed by atoms with van der Waals surface area (Å²) in [5, 5.41) is 4.11. The molecule has 1 amide bonds. The largest absolute Gasteiger partial charge is 0.491 e.